The van der Waals surface area contributed by atoms with Crippen molar-refractivity contribution in [2.75, 3.05) is 13.2 Å². The first-order valence-electron chi connectivity index (χ1n) is 14.9. The summed E-state index contributed by atoms with van der Waals surface area (Å²) in [5, 5.41) is 3.07. The van der Waals surface area contributed by atoms with Gasteiger partial charge < -0.3 is 28.4 Å². The lowest BCUT2D eigenvalue weighted by Gasteiger charge is -2.14. The molecule has 232 valence electrons. The molecule has 11 heteroatoms. The van der Waals surface area contributed by atoms with E-state index in [9.17, 15) is 13.6 Å². The van der Waals surface area contributed by atoms with E-state index >= 15 is 0 Å². The van der Waals surface area contributed by atoms with E-state index in [2.05, 4.69) is 10.3 Å². The van der Waals surface area contributed by atoms with E-state index in [0.29, 0.717) is 43.4 Å². The zero-order chi connectivity index (χ0) is 31.1. The molecule has 0 saturated carbocycles. The average Bonchev–Trinajstić information content (AvgIpc) is 3.80. The topological polar surface area (TPSA) is 109 Å². The van der Waals surface area contributed by atoms with Crippen molar-refractivity contribution < 1.29 is 36.6 Å². The lowest BCUT2D eigenvalue weighted by atomic mass is 9.91. The number of carbonyl (C=O) groups is 1. The minimum absolute atomic E-state index is 0.134. The van der Waals surface area contributed by atoms with Gasteiger partial charge in [-0.15, -0.1) is 0 Å². The Hall–Kier alpha value is -4.61. The molecule has 45 heavy (non-hydrogen) atoms. The van der Waals surface area contributed by atoms with Crippen LogP contribution in [-0.2, 0) is 33.9 Å². The van der Waals surface area contributed by atoms with Gasteiger partial charge in [-0.25, -0.2) is 9.97 Å². The van der Waals surface area contributed by atoms with E-state index in [1.165, 1.54) is 6.07 Å². The van der Waals surface area contributed by atoms with Crippen LogP contribution in [0.1, 0.15) is 41.0 Å². The number of nitrogens with one attached hydrogen (secondary N) is 1. The van der Waals surface area contributed by atoms with Gasteiger partial charge in [0, 0.05) is 29.2 Å². The lowest BCUT2D eigenvalue weighted by Crippen LogP contribution is -2.32. The Labute approximate surface area is 257 Å². The number of halogens is 2. The number of fused-ring (bicyclic) bond motifs is 2. The summed E-state index contributed by atoms with van der Waals surface area (Å²) >= 11 is 0. The smallest absolute Gasteiger partial charge is 0.387 e. The molecule has 1 saturated heterocycles. The Morgan fingerprint density at radius 1 is 1.00 bits per heavy atom. The minimum Gasteiger partial charge on any atom is -0.460 e. The Balaban J connectivity index is 1.22. The molecular formula is C34H31F2N3O6. The second kappa shape index (κ2) is 12.1. The summed E-state index contributed by atoms with van der Waals surface area (Å²) in [5.74, 6) is 1.19. The maximum absolute atomic E-state index is 13.3. The standard InChI is InChI=1S/C34H31F2N3O6/c1-18-21(22-7-4-9-24(19(22)2)32-39-27-17-41-13-11-28(27)43-32)6-3-8-23(18)31-38-26-14-20(16-42-33(40)25-10-5-12-37-25)29(45-34(35)36)15-30(26)44-31/h3-4,6-9,14-15,25,34,37H,5,10-13,16-17H2,1-2H3/t25-/m0/s1. The number of benzene rings is 3. The molecule has 0 aliphatic carbocycles. The van der Waals surface area contributed by atoms with Crippen molar-refractivity contribution in [2.45, 2.75) is 59.0 Å². The first-order chi connectivity index (χ1) is 21.9. The third-order valence-electron chi connectivity index (χ3n) is 8.41. The molecule has 2 aromatic heterocycles. The number of hydrogen-bond acceptors (Lipinski definition) is 9. The number of ether oxygens (including phenoxy) is 3. The van der Waals surface area contributed by atoms with E-state index in [-0.39, 0.29) is 23.5 Å². The van der Waals surface area contributed by atoms with Gasteiger partial charge in [0.1, 0.15) is 35.4 Å². The molecule has 3 aromatic carbocycles. The predicted molar refractivity (Wildman–Crippen MR) is 161 cm³/mol. The molecule has 0 spiro atoms. The van der Waals surface area contributed by atoms with Crippen LogP contribution in [0.15, 0.2) is 57.4 Å². The first kappa shape index (κ1) is 29.1. The number of rotatable bonds is 8. The molecule has 0 amide bonds. The van der Waals surface area contributed by atoms with Crippen LogP contribution in [0, 0.1) is 13.8 Å². The van der Waals surface area contributed by atoms with Crippen molar-refractivity contribution in [1.82, 2.24) is 15.3 Å². The number of carbonyl (C=O) groups excluding carboxylic acids is 1. The van der Waals surface area contributed by atoms with Gasteiger partial charge in [-0.2, -0.15) is 8.78 Å². The van der Waals surface area contributed by atoms with Crippen molar-refractivity contribution in [1.29, 1.82) is 0 Å². The molecule has 5 aromatic rings. The van der Waals surface area contributed by atoms with E-state index in [4.69, 9.17) is 28.0 Å². The Bertz CT molecular complexity index is 1870. The van der Waals surface area contributed by atoms with Gasteiger partial charge in [0.05, 0.1) is 13.2 Å². The van der Waals surface area contributed by atoms with Crippen LogP contribution in [0.4, 0.5) is 8.78 Å². The van der Waals surface area contributed by atoms with Crippen molar-refractivity contribution in [3.8, 4) is 39.8 Å². The predicted octanol–water partition coefficient (Wildman–Crippen LogP) is 6.90. The van der Waals surface area contributed by atoms with Gasteiger partial charge in [0.15, 0.2) is 5.58 Å². The lowest BCUT2D eigenvalue weighted by molar-refractivity contribution is -0.147. The highest BCUT2D eigenvalue weighted by atomic mass is 19.3. The van der Waals surface area contributed by atoms with Gasteiger partial charge in [-0.3, -0.25) is 4.79 Å². The van der Waals surface area contributed by atoms with Crippen LogP contribution in [-0.4, -0.2) is 41.7 Å². The molecule has 4 heterocycles. The summed E-state index contributed by atoms with van der Waals surface area (Å²) in [6, 6.07) is 14.4. The highest BCUT2D eigenvalue weighted by Crippen LogP contribution is 2.38. The molecule has 0 bridgehead atoms. The largest absolute Gasteiger partial charge is 0.460 e. The van der Waals surface area contributed by atoms with E-state index < -0.39 is 18.6 Å². The molecular weight excluding hydrogens is 584 g/mol. The van der Waals surface area contributed by atoms with Crippen LogP contribution in [0.2, 0.25) is 0 Å². The summed E-state index contributed by atoms with van der Waals surface area (Å²) in [6.45, 7) is 2.53. The number of nitrogens with zero attached hydrogens (tertiary/aromatic N) is 2. The SMILES string of the molecule is Cc1c(-c2nc3c(o2)CCOC3)cccc1-c1cccc(-c2nc3cc(COC(=O)[C@@H]4CCCN4)c(OC(F)F)cc3o2)c1C. The van der Waals surface area contributed by atoms with Crippen molar-refractivity contribution in [2.24, 2.45) is 0 Å². The second-order valence-electron chi connectivity index (χ2n) is 11.2. The fourth-order valence-electron chi connectivity index (χ4n) is 6.03. The second-order valence-corrected chi connectivity index (χ2v) is 11.2. The van der Waals surface area contributed by atoms with Crippen LogP contribution in [0.5, 0.6) is 5.75 Å². The molecule has 1 fully saturated rings. The van der Waals surface area contributed by atoms with Crippen molar-refractivity contribution >= 4 is 17.1 Å². The van der Waals surface area contributed by atoms with E-state index in [0.717, 1.165) is 57.8 Å². The number of alkyl halides is 2. The third-order valence-corrected chi connectivity index (χ3v) is 8.41. The summed E-state index contributed by atoms with van der Waals surface area (Å²) < 4.78 is 54.5. The zero-order valence-electron chi connectivity index (χ0n) is 24.8. The normalized spacial score (nSPS) is 16.3. The van der Waals surface area contributed by atoms with E-state index in [1.54, 1.807) is 6.07 Å². The molecule has 7 rings (SSSR count). The molecule has 0 radical (unpaired) electrons. The maximum Gasteiger partial charge on any atom is 0.387 e. The number of hydrogen-bond donors (Lipinski definition) is 1. The van der Waals surface area contributed by atoms with Gasteiger partial charge >= 0.3 is 12.6 Å². The molecule has 2 aliphatic rings. The fraction of sp³-hybridized carbons (Fsp3) is 0.324. The first-order valence-corrected chi connectivity index (χ1v) is 14.9. The van der Waals surface area contributed by atoms with Crippen LogP contribution in [0.25, 0.3) is 45.1 Å². The van der Waals surface area contributed by atoms with Crippen LogP contribution < -0.4 is 10.1 Å². The quantitative estimate of drug-likeness (QED) is 0.186. The fourth-order valence-corrected chi connectivity index (χ4v) is 6.03. The molecule has 9 nitrogen and oxygen atoms in total. The van der Waals surface area contributed by atoms with Crippen molar-refractivity contribution in [3.05, 3.63) is 76.7 Å². The molecule has 1 N–H and O–H groups in total. The molecule has 2 aliphatic heterocycles. The van der Waals surface area contributed by atoms with Gasteiger partial charge in [0.25, 0.3) is 0 Å². The summed E-state index contributed by atoms with van der Waals surface area (Å²) in [7, 11) is 0. The summed E-state index contributed by atoms with van der Waals surface area (Å²) in [6.07, 6.45) is 2.24. The minimum atomic E-state index is -3.07. The van der Waals surface area contributed by atoms with Gasteiger partial charge in [-0.05, 0) is 73.7 Å². The monoisotopic (exact) mass is 615 g/mol. The van der Waals surface area contributed by atoms with E-state index in [1.807, 2.05) is 50.2 Å². The average molecular weight is 616 g/mol. The molecule has 0 unspecified atom stereocenters. The van der Waals surface area contributed by atoms with Crippen LogP contribution in [0.3, 0.4) is 0 Å². The number of esters is 1. The number of aromatic nitrogens is 2. The van der Waals surface area contributed by atoms with Crippen LogP contribution >= 0.6 is 0 Å². The highest BCUT2D eigenvalue weighted by molar-refractivity contribution is 5.84. The van der Waals surface area contributed by atoms with Gasteiger partial charge in [-0.1, -0.05) is 24.3 Å². The molecule has 1 atom stereocenters. The summed E-state index contributed by atoms with van der Waals surface area (Å²) in [5.41, 5.74) is 7.36. The Morgan fingerprint density at radius 3 is 2.38 bits per heavy atom. The Kier molecular flexibility index (Phi) is 7.80. The van der Waals surface area contributed by atoms with Crippen molar-refractivity contribution in [3.63, 3.8) is 0 Å². The zero-order valence-corrected chi connectivity index (χ0v) is 24.8. The maximum atomic E-state index is 13.3. The highest BCUT2D eigenvalue weighted by Gasteiger charge is 2.25. The summed E-state index contributed by atoms with van der Waals surface area (Å²) in [4.78, 5) is 21.8. The Morgan fingerprint density at radius 2 is 1.71 bits per heavy atom. The van der Waals surface area contributed by atoms with Gasteiger partial charge in [0.2, 0.25) is 11.8 Å². The number of oxazole rings is 2. The third kappa shape index (κ3) is 5.69.